The van der Waals surface area contributed by atoms with Crippen LogP contribution >= 0.6 is 11.6 Å². The SMILES string of the molecule is Cc1cc(CNC2CCN(CCN3CC=Cc4ncccc43)CC2)ccc1Cl. The van der Waals surface area contributed by atoms with Crippen LogP contribution in [-0.2, 0) is 6.54 Å². The number of pyridine rings is 1. The van der Waals surface area contributed by atoms with Crippen molar-refractivity contribution in [3.8, 4) is 0 Å². The van der Waals surface area contributed by atoms with E-state index in [0.29, 0.717) is 6.04 Å². The Balaban J connectivity index is 1.20. The molecular formula is C23H29ClN4. The average molecular weight is 397 g/mol. The number of benzene rings is 1. The average Bonchev–Trinajstić information content (AvgIpc) is 2.74. The number of aromatic nitrogens is 1. The molecule has 28 heavy (non-hydrogen) atoms. The first-order valence-corrected chi connectivity index (χ1v) is 10.6. The Morgan fingerprint density at radius 1 is 1.18 bits per heavy atom. The van der Waals surface area contributed by atoms with E-state index in [0.717, 1.165) is 42.5 Å². The number of anilines is 1. The maximum absolute atomic E-state index is 6.12. The second kappa shape index (κ2) is 9.08. The molecule has 2 aliphatic rings. The van der Waals surface area contributed by atoms with Gasteiger partial charge in [0.2, 0.25) is 0 Å². The number of fused-ring (bicyclic) bond motifs is 1. The lowest BCUT2D eigenvalue weighted by atomic mass is 10.0. The third-order valence-corrected chi connectivity index (χ3v) is 6.27. The molecule has 0 atom stereocenters. The van der Waals surface area contributed by atoms with Crippen molar-refractivity contribution in [2.75, 3.05) is 37.6 Å². The van der Waals surface area contributed by atoms with E-state index in [-0.39, 0.29) is 0 Å². The van der Waals surface area contributed by atoms with Crippen molar-refractivity contribution in [3.63, 3.8) is 0 Å². The molecule has 0 amide bonds. The number of nitrogens with zero attached hydrogens (tertiary/aromatic N) is 3. The Labute approximate surface area is 173 Å². The highest BCUT2D eigenvalue weighted by atomic mass is 35.5. The largest absolute Gasteiger partial charge is 0.365 e. The van der Waals surface area contributed by atoms with Crippen molar-refractivity contribution >= 4 is 23.4 Å². The number of hydrogen-bond donors (Lipinski definition) is 1. The Morgan fingerprint density at radius 2 is 2.04 bits per heavy atom. The maximum Gasteiger partial charge on any atom is 0.0860 e. The predicted molar refractivity (Wildman–Crippen MR) is 118 cm³/mol. The van der Waals surface area contributed by atoms with Gasteiger partial charge in [0, 0.05) is 43.4 Å². The highest BCUT2D eigenvalue weighted by Gasteiger charge is 2.20. The summed E-state index contributed by atoms with van der Waals surface area (Å²) < 4.78 is 0. The number of halogens is 1. The third kappa shape index (κ3) is 4.75. The molecule has 1 fully saturated rings. The van der Waals surface area contributed by atoms with Crippen LogP contribution in [0.15, 0.2) is 42.6 Å². The molecular weight excluding hydrogens is 368 g/mol. The number of piperidine rings is 1. The van der Waals surface area contributed by atoms with E-state index in [1.165, 1.54) is 37.2 Å². The van der Waals surface area contributed by atoms with Crippen LogP contribution in [0.25, 0.3) is 6.08 Å². The fourth-order valence-electron chi connectivity index (χ4n) is 4.11. The molecule has 3 heterocycles. The Kier molecular flexibility index (Phi) is 6.30. The molecule has 1 aromatic heterocycles. The minimum absolute atomic E-state index is 0.607. The molecule has 5 heteroatoms. The summed E-state index contributed by atoms with van der Waals surface area (Å²) in [7, 11) is 0. The molecule has 0 aliphatic carbocycles. The van der Waals surface area contributed by atoms with Gasteiger partial charge in [-0.15, -0.1) is 0 Å². The van der Waals surface area contributed by atoms with Gasteiger partial charge in [-0.2, -0.15) is 0 Å². The van der Waals surface area contributed by atoms with Crippen molar-refractivity contribution in [3.05, 3.63) is 64.4 Å². The van der Waals surface area contributed by atoms with Gasteiger partial charge in [-0.05, 0) is 68.3 Å². The van der Waals surface area contributed by atoms with Gasteiger partial charge in [-0.3, -0.25) is 4.98 Å². The number of likely N-dealkylation sites (tertiary alicyclic amines) is 1. The highest BCUT2D eigenvalue weighted by molar-refractivity contribution is 6.31. The summed E-state index contributed by atoms with van der Waals surface area (Å²) >= 11 is 6.12. The van der Waals surface area contributed by atoms with Gasteiger partial charge in [-0.1, -0.05) is 29.8 Å². The van der Waals surface area contributed by atoms with E-state index in [9.17, 15) is 0 Å². The topological polar surface area (TPSA) is 31.4 Å². The van der Waals surface area contributed by atoms with Gasteiger partial charge in [-0.25, -0.2) is 0 Å². The fraction of sp³-hybridized carbons (Fsp3) is 0.435. The molecule has 0 bridgehead atoms. The lowest BCUT2D eigenvalue weighted by Crippen LogP contribution is -2.45. The monoisotopic (exact) mass is 396 g/mol. The highest BCUT2D eigenvalue weighted by Crippen LogP contribution is 2.23. The standard InChI is InChI=1S/C23H29ClN4/c1-18-16-19(6-7-21(18)24)17-26-20-8-12-27(13-9-20)14-15-28-11-3-4-22-23(28)5-2-10-25-22/h2-7,10,16,20,26H,8-9,11-15,17H2,1H3. The van der Waals surface area contributed by atoms with Crippen LogP contribution in [0.2, 0.25) is 5.02 Å². The molecule has 1 aromatic carbocycles. The van der Waals surface area contributed by atoms with E-state index in [1.54, 1.807) is 0 Å². The first kappa shape index (κ1) is 19.4. The smallest absolute Gasteiger partial charge is 0.0860 e. The Morgan fingerprint density at radius 3 is 2.86 bits per heavy atom. The number of hydrogen-bond acceptors (Lipinski definition) is 4. The van der Waals surface area contributed by atoms with Crippen LogP contribution in [0.1, 0.15) is 29.7 Å². The first-order chi connectivity index (χ1) is 13.7. The molecule has 0 saturated carbocycles. The molecule has 0 spiro atoms. The first-order valence-electron chi connectivity index (χ1n) is 10.3. The second-order valence-electron chi connectivity index (χ2n) is 7.84. The van der Waals surface area contributed by atoms with Crippen molar-refractivity contribution in [1.82, 2.24) is 15.2 Å². The van der Waals surface area contributed by atoms with Crippen molar-refractivity contribution in [1.29, 1.82) is 0 Å². The van der Waals surface area contributed by atoms with Gasteiger partial charge in [0.25, 0.3) is 0 Å². The molecule has 4 nitrogen and oxygen atoms in total. The van der Waals surface area contributed by atoms with E-state index in [2.05, 4.69) is 57.4 Å². The van der Waals surface area contributed by atoms with Gasteiger partial charge in [0.1, 0.15) is 0 Å². The molecule has 0 unspecified atom stereocenters. The predicted octanol–water partition coefficient (Wildman–Crippen LogP) is 4.13. The zero-order valence-electron chi connectivity index (χ0n) is 16.6. The van der Waals surface area contributed by atoms with Gasteiger partial charge < -0.3 is 15.1 Å². The summed E-state index contributed by atoms with van der Waals surface area (Å²) in [5.74, 6) is 0. The molecule has 1 saturated heterocycles. The zero-order valence-corrected chi connectivity index (χ0v) is 17.3. The summed E-state index contributed by atoms with van der Waals surface area (Å²) in [6, 6.07) is 11.1. The normalized spacial score (nSPS) is 17.7. The lowest BCUT2D eigenvalue weighted by Gasteiger charge is -2.35. The van der Waals surface area contributed by atoms with Crippen LogP contribution < -0.4 is 10.2 Å². The van der Waals surface area contributed by atoms with Crippen molar-refractivity contribution < 1.29 is 0 Å². The Hall–Kier alpha value is -1.88. The van der Waals surface area contributed by atoms with Crippen LogP contribution in [0.3, 0.4) is 0 Å². The second-order valence-corrected chi connectivity index (χ2v) is 8.24. The van der Waals surface area contributed by atoms with Gasteiger partial charge >= 0.3 is 0 Å². The fourth-order valence-corrected chi connectivity index (χ4v) is 4.23. The van der Waals surface area contributed by atoms with Crippen LogP contribution in [0.5, 0.6) is 0 Å². The quantitative estimate of drug-likeness (QED) is 0.795. The molecule has 2 aliphatic heterocycles. The molecule has 1 N–H and O–H groups in total. The molecule has 0 radical (unpaired) electrons. The number of rotatable bonds is 6. The van der Waals surface area contributed by atoms with Gasteiger partial charge in [0.05, 0.1) is 11.4 Å². The van der Waals surface area contributed by atoms with Gasteiger partial charge in [0.15, 0.2) is 0 Å². The Bertz CT molecular complexity index is 827. The van der Waals surface area contributed by atoms with Crippen LogP contribution in [-0.4, -0.2) is 48.6 Å². The minimum atomic E-state index is 0.607. The maximum atomic E-state index is 6.12. The lowest BCUT2D eigenvalue weighted by molar-refractivity contribution is 0.201. The van der Waals surface area contributed by atoms with E-state index >= 15 is 0 Å². The van der Waals surface area contributed by atoms with Crippen LogP contribution in [0, 0.1) is 6.92 Å². The minimum Gasteiger partial charge on any atom is -0.365 e. The van der Waals surface area contributed by atoms with E-state index in [4.69, 9.17) is 11.6 Å². The van der Waals surface area contributed by atoms with Crippen LogP contribution in [0.4, 0.5) is 5.69 Å². The molecule has 2 aromatic rings. The molecule has 4 rings (SSSR count). The van der Waals surface area contributed by atoms with E-state index in [1.807, 2.05) is 18.3 Å². The zero-order chi connectivity index (χ0) is 19.3. The third-order valence-electron chi connectivity index (χ3n) is 5.85. The molecule has 148 valence electrons. The summed E-state index contributed by atoms with van der Waals surface area (Å²) in [4.78, 5) is 9.51. The van der Waals surface area contributed by atoms with Crippen molar-refractivity contribution in [2.24, 2.45) is 0 Å². The van der Waals surface area contributed by atoms with Crippen molar-refractivity contribution in [2.45, 2.75) is 32.4 Å². The summed E-state index contributed by atoms with van der Waals surface area (Å²) in [5, 5.41) is 4.57. The number of nitrogens with one attached hydrogen (secondary N) is 1. The summed E-state index contributed by atoms with van der Waals surface area (Å²) in [6.45, 7) is 8.49. The number of aryl methyl sites for hydroxylation is 1. The van der Waals surface area contributed by atoms with E-state index < -0.39 is 0 Å². The summed E-state index contributed by atoms with van der Waals surface area (Å²) in [6.07, 6.45) is 8.64. The summed E-state index contributed by atoms with van der Waals surface area (Å²) in [5.41, 5.74) is 4.82.